The number of likely N-dealkylation sites (N-methyl/N-ethyl adjacent to an activating group) is 1. The molecule has 0 bridgehead atoms. The van der Waals surface area contributed by atoms with Gasteiger partial charge in [0.15, 0.2) is 0 Å². The van der Waals surface area contributed by atoms with Crippen molar-refractivity contribution in [2.45, 2.75) is 31.3 Å². The van der Waals surface area contributed by atoms with Crippen molar-refractivity contribution in [3.63, 3.8) is 0 Å². The molecule has 0 spiro atoms. The molecular weight excluding hydrogens is 442 g/mol. The SMILES string of the molecule is CN(C)CCn1c(C(=O)NC2CC2)c(C(c2ccccc2)c2ccccc2)c2ccccc21.Cl. The van der Waals surface area contributed by atoms with E-state index < -0.39 is 0 Å². The van der Waals surface area contributed by atoms with Crippen molar-refractivity contribution < 1.29 is 4.79 Å². The summed E-state index contributed by atoms with van der Waals surface area (Å²) in [6.07, 6.45) is 2.14. The minimum absolute atomic E-state index is 0. The summed E-state index contributed by atoms with van der Waals surface area (Å²) in [5.74, 6) is 0.0113. The third-order valence-electron chi connectivity index (χ3n) is 6.46. The Morgan fingerprint density at radius 2 is 1.47 bits per heavy atom. The molecule has 0 saturated heterocycles. The highest BCUT2D eigenvalue weighted by atomic mass is 35.5. The largest absolute Gasteiger partial charge is 0.348 e. The number of amides is 1. The average Bonchev–Trinajstić information content (AvgIpc) is 3.60. The minimum atomic E-state index is -0.0298. The number of carbonyl (C=O) groups excluding carboxylic acids is 1. The summed E-state index contributed by atoms with van der Waals surface area (Å²) in [4.78, 5) is 15.9. The number of hydrogen-bond donors (Lipinski definition) is 1. The van der Waals surface area contributed by atoms with E-state index in [4.69, 9.17) is 0 Å². The van der Waals surface area contributed by atoms with Gasteiger partial charge in [0.05, 0.1) is 0 Å². The zero-order valence-electron chi connectivity index (χ0n) is 19.8. The van der Waals surface area contributed by atoms with Crippen LogP contribution in [0.1, 0.15) is 45.9 Å². The molecule has 34 heavy (non-hydrogen) atoms. The Morgan fingerprint density at radius 3 is 2.03 bits per heavy atom. The Bertz CT molecular complexity index is 1210. The molecule has 1 heterocycles. The Labute approximate surface area is 208 Å². The topological polar surface area (TPSA) is 37.3 Å². The molecule has 0 radical (unpaired) electrons. The Kier molecular flexibility index (Phi) is 7.40. The van der Waals surface area contributed by atoms with Crippen molar-refractivity contribution in [3.8, 4) is 0 Å². The summed E-state index contributed by atoms with van der Waals surface area (Å²) < 4.78 is 2.24. The highest BCUT2D eigenvalue weighted by Crippen LogP contribution is 2.40. The van der Waals surface area contributed by atoms with Crippen LogP contribution < -0.4 is 5.32 Å². The van der Waals surface area contributed by atoms with E-state index in [-0.39, 0.29) is 24.2 Å². The summed E-state index contributed by atoms with van der Waals surface area (Å²) in [7, 11) is 4.15. The Morgan fingerprint density at radius 1 is 0.912 bits per heavy atom. The zero-order valence-corrected chi connectivity index (χ0v) is 20.6. The second-order valence-electron chi connectivity index (χ2n) is 9.24. The van der Waals surface area contributed by atoms with E-state index in [9.17, 15) is 4.79 Å². The minimum Gasteiger partial charge on any atom is -0.348 e. The van der Waals surface area contributed by atoms with Crippen LogP contribution in [0.25, 0.3) is 10.9 Å². The van der Waals surface area contributed by atoms with Crippen molar-refractivity contribution in [1.82, 2.24) is 14.8 Å². The molecule has 5 rings (SSSR count). The van der Waals surface area contributed by atoms with Crippen molar-refractivity contribution in [3.05, 3.63) is 107 Å². The van der Waals surface area contributed by atoms with E-state index in [0.29, 0.717) is 6.04 Å². The number of benzene rings is 3. The van der Waals surface area contributed by atoms with Gasteiger partial charge in [-0.05, 0) is 44.1 Å². The number of hydrogen-bond acceptors (Lipinski definition) is 2. The highest BCUT2D eigenvalue weighted by Gasteiger charge is 2.32. The molecule has 0 unspecified atom stereocenters. The number of rotatable bonds is 8. The molecule has 1 amide bonds. The van der Waals surface area contributed by atoms with E-state index in [1.54, 1.807) is 0 Å². The second-order valence-corrected chi connectivity index (χ2v) is 9.24. The predicted molar refractivity (Wildman–Crippen MR) is 142 cm³/mol. The fourth-order valence-electron chi connectivity index (χ4n) is 4.70. The highest BCUT2D eigenvalue weighted by molar-refractivity contribution is 6.03. The smallest absolute Gasteiger partial charge is 0.268 e. The van der Waals surface area contributed by atoms with Crippen LogP contribution in [-0.2, 0) is 6.54 Å². The molecule has 3 aromatic carbocycles. The van der Waals surface area contributed by atoms with E-state index in [1.807, 2.05) is 12.1 Å². The van der Waals surface area contributed by atoms with Crippen molar-refractivity contribution >= 4 is 29.2 Å². The van der Waals surface area contributed by atoms with Crippen LogP contribution in [0.5, 0.6) is 0 Å². The van der Waals surface area contributed by atoms with Crippen LogP contribution in [0.2, 0.25) is 0 Å². The fourth-order valence-corrected chi connectivity index (χ4v) is 4.70. The van der Waals surface area contributed by atoms with E-state index in [2.05, 4.69) is 102 Å². The molecule has 1 aliphatic carbocycles. The number of halogens is 1. The first-order chi connectivity index (χ1) is 16.1. The first-order valence-electron chi connectivity index (χ1n) is 11.8. The number of aromatic nitrogens is 1. The third-order valence-corrected chi connectivity index (χ3v) is 6.46. The van der Waals surface area contributed by atoms with Gasteiger partial charge in [-0.2, -0.15) is 0 Å². The van der Waals surface area contributed by atoms with Crippen molar-refractivity contribution in [1.29, 1.82) is 0 Å². The molecule has 1 aromatic heterocycles. The lowest BCUT2D eigenvalue weighted by Gasteiger charge is -2.21. The second kappa shape index (κ2) is 10.5. The number of fused-ring (bicyclic) bond motifs is 1. The molecular formula is C29H32ClN3O. The summed E-state index contributed by atoms with van der Waals surface area (Å²) in [5.41, 5.74) is 5.40. The Hall–Kier alpha value is -3.08. The van der Waals surface area contributed by atoms with Crippen LogP contribution >= 0.6 is 12.4 Å². The van der Waals surface area contributed by atoms with Crippen LogP contribution in [0.15, 0.2) is 84.9 Å². The van der Waals surface area contributed by atoms with Gasteiger partial charge in [-0.3, -0.25) is 4.79 Å². The Balaban J connectivity index is 0.00000274. The van der Waals surface area contributed by atoms with Crippen LogP contribution in [-0.4, -0.2) is 42.1 Å². The normalized spacial score (nSPS) is 13.3. The van der Waals surface area contributed by atoms with E-state index >= 15 is 0 Å². The molecule has 1 saturated carbocycles. The van der Waals surface area contributed by atoms with Gasteiger partial charge in [-0.15, -0.1) is 12.4 Å². The quantitative estimate of drug-likeness (QED) is 0.356. The van der Waals surface area contributed by atoms with Gasteiger partial charge in [0.1, 0.15) is 5.69 Å². The van der Waals surface area contributed by atoms with E-state index in [0.717, 1.165) is 48.1 Å². The maximum atomic E-state index is 13.8. The summed E-state index contributed by atoms with van der Waals surface area (Å²) >= 11 is 0. The molecule has 1 fully saturated rings. The molecule has 4 aromatic rings. The third kappa shape index (κ3) is 4.89. The molecule has 176 valence electrons. The maximum absolute atomic E-state index is 13.8. The van der Waals surface area contributed by atoms with Gasteiger partial charge in [0.25, 0.3) is 5.91 Å². The summed E-state index contributed by atoms with van der Waals surface area (Å²) in [5, 5.41) is 4.43. The van der Waals surface area contributed by atoms with Crippen LogP contribution in [0, 0.1) is 0 Å². The number of para-hydroxylation sites is 1. The molecule has 4 nitrogen and oxygen atoms in total. The average molecular weight is 474 g/mol. The standard InChI is InChI=1S/C29H31N3O.ClH/c1-31(2)19-20-32-25-16-10-9-15-24(25)27(28(32)29(33)30-23-17-18-23)26(21-11-5-3-6-12-21)22-13-7-4-8-14-22;/h3-16,23,26H,17-20H2,1-2H3,(H,30,33);1H. The monoisotopic (exact) mass is 473 g/mol. The summed E-state index contributed by atoms with van der Waals surface area (Å²) in [6, 6.07) is 29.9. The van der Waals surface area contributed by atoms with Crippen LogP contribution in [0.3, 0.4) is 0 Å². The van der Waals surface area contributed by atoms with Crippen LogP contribution in [0.4, 0.5) is 0 Å². The predicted octanol–water partition coefficient (Wildman–Crippen LogP) is 5.70. The van der Waals surface area contributed by atoms with Crippen molar-refractivity contribution in [2.75, 3.05) is 20.6 Å². The molecule has 0 aliphatic heterocycles. The summed E-state index contributed by atoms with van der Waals surface area (Å²) in [6.45, 7) is 1.63. The van der Waals surface area contributed by atoms with Crippen molar-refractivity contribution in [2.24, 2.45) is 0 Å². The lowest BCUT2D eigenvalue weighted by Crippen LogP contribution is -2.30. The molecule has 1 aliphatic rings. The first kappa shape index (κ1) is 24.1. The molecule has 5 heteroatoms. The maximum Gasteiger partial charge on any atom is 0.268 e. The van der Waals surface area contributed by atoms with Gasteiger partial charge < -0.3 is 14.8 Å². The zero-order chi connectivity index (χ0) is 22.8. The lowest BCUT2D eigenvalue weighted by atomic mass is 9.83. The first-order valence-corrected chi connectivity index (χ1v) is 11.8. The van der Waals surface area contributed by atoms with Gasteiger partial charge in [-0.25, -0.2) is 0 Å². The lowest BCUT2D eigenvalue weighted by molar-refractivity contribution is 0.0940. The fraction of sp³-hybridized carbons (Fsp3) is 0.276. The van der Waals surface area contributed by atoms with Gasteiger partial charge in [0, 0.05) is 41.5 Å². The number of nitrogens with one attached hydrogen (secondary N) is 1. The molecule has 0 atom stereocenters. The van der Waals surface area contributed by atoms with Gasteiger partial charge in [0.2, 0.25) is 0 Å². The number of nitrogens with zero attached hydrogens (tertiary/aromatic N) is 2. The van der Waals surface area contributed by atoms with E-state index in [1.165, 1.54) is 11.1 Å². The molecule has 1 N–H and O–H groups in total. The number of carbonyl (C=O) groups is 1. The van der Waals surface area contributed by atoms with Gasteiger partial charge >= 0.3 is 0 Å². The van der Waals surface area contributed by atoms with Gasteiger partial charge in [-0.1, -0.05) is 78.9 Å².